The van der Waals surface area contributed by atoms with Gasteiger partial charge in [-0.25, -0.2) is 4.98 Å². The number of hydrogen-bond acceptors (Lipinski definition) is 8. The average molecular weight is 448 g/mol. The zero-order valence-corrected chi connectivity index (χ0v) is 17.8. The highest BCUT2D eigenvalue weighted by Gasteiger charge is 2.23. The predicted molar refractivity (Wildman–Crippen MR) is 113 cm³/mol. The number of hydrogen-bond donors (Lipinski definition) is 1. The summed E-state index contributed by atoms with van der Waals surface area (Å²) < 4.78 is 12.3. The molecule has 0 aliphatic heterocycles. The molecule has 1 amide bonds. The van der Waals surface area contributed by atoms with Crippen LogP contribution in [-0.4, -0.2) is 39.4 Å². The Morgan fingerprint density at radius 2 is 2.13 bits per heavy atom. The lowest BCUT2D eigenvalue weighted by Crippen LogP contribution is -2.21. The summed E-state index contributed by atoms with van der Waals surface area (Å²) in [7, 11) is 3.08. The summed E-state index contributed by atoms with van der Waals surface area (Å²) in [6.07, 6.45) is 5.33. The second kappa shape index (κ2) is 8.41. The molecule has 1 aliphatic rings. The molecule has 1 aliphatic carbocycles. The van der Waals surface area contributed by atoms with Crippen molar-refractivity contribution in [3.8, 4) is 22.1 Å². The van der Waals surface area contributed by atoms with Gasteiger partial charge in [0.05, 0.1) is 25.5 Å². The van der Waals surface area contributed by atoms with Crippen molar-refractivity contribution in [2.75, 3.05) is 19.0 Å². The van der Waals surface area contributed by atoms with Crippen LogP contribution in [0.15, 0.2) is 29.3 Å². The van der Waals surface area contributed by atoms with E-state index in [2.05, 4.69) is 20.5 Å². The minimum absolute atomic E-state index is 0.148. The second-order valence-corrected chi connectivity index (χ2v) is 8.17. The van der Waals surface area contributed by atoms with E-state index in [-0.39, 0.29) is 21.4 Å². The summed E-state index contributed by atoms with van der Waals surface area (Å²) in [6.45, 7) is 0.601. The molecule has 0 unspecified atom stereocenters. The van der Waals surface area contributed by atoms with E-state index in [4.69, 9.17) is 21.1 Å². The van der Waals surface area contributed by atoms with E-state index < -0.39 is 5.91 Å². The van der Waals surface area contributed by atoms with E-state index in [0.29, 0.717) is 34.6 Å². The van der Waals surface area contributed by atoms with Crippen LogP contribution < -0.4 is 20.3 Å². The number of carbonyl (C=O) groups is 1. The molecule has 0 bridgehead atoms. The Morgan fingerprint density at radius 1 is 1.33 bits per heavy atom. The molecule has 0 aromatic carbocycles. The molecule has 0 spiro atoms. The summed E-state index contributed by atoms with van der Waals surface area (Å²) in [5, 5.41) is 11.5. The molecule has 30 heavy (non-hydrogen) atoms. The lowest BCUT2D eigenvalue weighted by molar-refractivity contribution is 0.102. The van der Waals surface area contributed by atoms with Crippen LogP contribution in [0.1, 0.15) is 23.2 Å². The van der Waals surface area contributed by atoms with Gasteiger partial charge in [-0.3, -0.25) is 14.9 Å². The number of methoxy groups -OCH3 is 1. The molecule has 1 saturated carbocycles. The molecule has 1 fully saturated rings. The Morgan fingerprint density at radius 3 is 2.87 bits per heavy atom. The quantitative estimate of drug-likeness (QED) is 0.554. The van der Waals surface area contributed by atoms with Gasteiger partial charge in [0.25, 0.3) is 16.7 Å². The maximum absolute atomic E-state index is 13.0. The third kappa shape index (κ3) is 4.44. The summed E-state index contributed by atoms with van der Waals surface area (Å²) >= 11 is 7.18. The summed E-state index contributed by atoms with van der Waals surface area (Å²) in [6, 6.07) is 2.83. The minimum Gasteiger partial charge on any atom is -0.494 e. The van der Waals surface area contributed by atoms with Crippen molar-refractivity contribution in [1.29, 1.82) is 0 Å². The topological polar surface area (TPSA) is 108 Å². The first-order valence-electron chi connectivity index (χ1n) is 9.13. The monoisotopic (exact) mass is 447 g/mol. The fourth-order valence-corrected chi connectivity index (χ4v) is 3.54. The first-order valence-corrected chi connectivity index (χ1v) is 10.3. The number of anilines is 1. The number of nitrogens with zero attached hydrogens (tertiary/aromatic N) is 4. The smallest absolute Gasteiger partial charge is 0.295 e. The number of carbonyl (C=O) groups excluding carboxylic acids is 1. The Labute approximate surface area is 180 Å². The third-order valence-electron chi connectivity index (χ3n) is 4.58. The van der Waals surface area contributed by atoms with Crippen LogP contribution in [0, 0.1) is 5.92 Å². The number of amides is 1. The molecule has 0 radical (unpaired) electrons. The molecule has 0 atom stereocenters. The highest BCUT2D eigenvalue weighted by atomic mass is 35.5. The van der Waals surface area contributed by atoms with Crippen molar-refractivity contribution in [1.82, 2.24) is 19.7 Å². The molecular weight excluding hydrogens is 430 g/mol. The Balaban J connectivity index is 1.65. The van der Waals surface area contributed by atoms with Crippen molar-refractivity contribution in [3.05, 3.63) is 45.6 Å². The summed E-state index contributed by atoms with van der Waals surface area (Å²) in [5.41, 5.74) is 0.803. The highest BCUT2D eigenvalue weighted by molar-refractivity contribution is 7.17. The van der Waals surface area contributed by atoms with Crippen LogP contribution in [0.4, 0.5) is 5.13 Å². The van der Waals surface area contributed by atoms with Crippen molar-refractivity contribution in [2.24, 2.45) is 13.0 Å². The number of aromatic nitrogens is 4. The highest BCUT2D eigenvalue weighted by Crippen LogP contribution is 2.34. The number of halogens is 1. The van der Waals surface area contributed by atoms with Gasteiger partial charge in [-0.1, -0.05) is 16.7 Å². The largest absolute Gasteiger partial charge is 0.494 e. The second-order valence-electron chi connectivity index (χ2n) is 6.84. The van der Waals surface area contributed by atoms with Gasteiger partial charge in [-0.05, 0) is 36.2 Å². The molecule has 3 aromatic heterocycles. The van der Waals surface area contributed by atoms with Crippen LogP contribution in [0.3, 0.4) is 0 Å². The third-order valence-corrected chi connectivity index (χ3v) is 5.54. The molecule has 11 heteroatoms. The van der Waals surface area contributed by atoms with Crippen molar-refractivity contribution in [3.63, 3.8) is 0 Å². The van der Waals surface area contributed by atoms with Crippen LogP contribution in [0.5, 0.6) is 10.9 Å². The number of ether oxygens (including phenoxy) is 2. The predicted octanol–water partition coefficient (Wildman–Crippen LogP) is 3.00. The van der Waals surface area contributed by atoms with Gasteiger partial charge in [-0.2, -0.15) is 0 Å². The van der Waals surface area contributed by atoms with E-state index in [1.165, 1.54) is 23.9 Å². The van der Waals surface area contributed by atoms with Crippen molar-refractivity contribution >= 4 is 34.0 Å². The lowest BCUT2D eigenvalue weighted by Gasteiger charge is -2.13. The number of aryl methyl sites for hydroxylation is 1. The lowest BCUT2D eigenvalue weighted by atomic mass is 10.0. The summed E-state index contributed by atoms with van der Waals surface area (Å²) in [4.78, 5) is 29.2. The van der Waals surface area contributed by atoms with Gasteiger partial charge < -0.3 is 14.0 Å². The minimum atomic E-state index is -0.511. The van der Waals surface area contributed by atoms with Crippen LogP contribution in [0.2, 0.25) is 5.15 Å². The molecule has 4 rings (SSSR count). The van der Waals surface area contributed by atoms with E-state index in [1.807, 2.05) is 0 Å². The molecule has 9 nitrogen and oxygen atoms in total. The molecule has 3 heterocycles. The van der Waals surface area contributed by atoms with E-state index in [9.17, 15) is 9.59 Å². The van der Waals surface area contributed by atoms with Gasteiger partial charge in [0.1, 0.15) is 10.9 Å². The number of nitrogens with one attached hydrogen (secondary N) is 1. The van der Waals surface area contributed by atoms with E-state index >= 15 is 0 Å². The van der Waals surface area contributed by atoms with Crippen LogP contribution >= 0.6 is 22.9 Å². The molecule has 0 saturated heterocycles. The van der Waals surface area contributed by atoms with Crippen LogP contribution in [-0.2, 0) is 7.05 Å². The van der Waals surface area contributed by atoms with Gasteiger partial charge in [0.2, 0.25) is 5.13 Å². The first kappa shape index (κ1) is 20.3. The zero-order valence-electron chi connectivity index (χ0n) is 16.2. The molecule has 3 aromatic rings. The summed E-state index contributed by atoms with van der Waals surface area (Å²) in [5.74, 6) is 0.485. The average Bonchev–Trinajstić information content (AvgIpc) is 3.46. The maximum Gasteiger partial charge on any atom is 0.295 e. The Kier molecular flexibility index (Phi) is 5.69. The van der Waals surface area contributed by atoms with Gasteiger partial charge in [-0.15, -0.1) is 5.10 Å². The first-order chi connectivity index (χ1) is 14.4. The number of pyridine rings is 2. The molecule has 156 valence electrons. The van der Waals surface area contributed by atoms with Crippen molar-refractivity contribution < 1.29 is 14.3 Å². The fourth-order valence-electron chi connectivity index (χ4n) is 2.78. The zero-order chi connectivity index (χ0) is 21.3. The SMILES string of the molecule is COc1cnc(Cl)cc1-c1cn(C)c(=O)cc1C(=O)Nc1nnc(OCC2CC2)s1. The Bertz CT molecular complexity index is 1160. The van der Waals surface area contributed by atoms with Gasteiger partial charge in [0.15, 0.2) is 0 Å². The normalized spacial score (nSPS) is 13.2. The standard InChI is InChI=1S/C19H18ClN5O4S/c1-25-8-13(11-5-15(20)21-7-14(11)28-2)12(6-16(25)26)17(27)22-18-23-24-19(30-18)29-9-10-3-4-10/h5-8,10H,3-4,9H2,1-2H3,(H,22,23,27). The Hall–Kier alpha value is -2.98. The van der Waals surface area contributed by atoms with E-state index in [0.717, 1.165) is 24.2 Å². The molecular formula is C19H18ClN5O4S. The fraction of sp³-hybridized carbons (Fsp3) is 0.316. The maximum atomic E-state index is 13.0. The van der Waals surface area contributed by atoms with E-state index in [1.54, 1.807) is 19.3 Å². The van der Waals surface area contributed by atoms with Gasteiger partial charge >= 0.3 is 0 Å². The number of rotatable bonds is 7. The van der Waals surface area contributed by atoms with Gasteiger partial charge in [0, 0.05) is 30.4 Å². The molecule has 1 N–H and O–H groups in total. The van der Waals surface area contributed by atoms with Crippen molar-refractivity contribution in [2.45, 2.75) is 12.8 Å². The van der Waals surface area contributed by atoms with Crippen LogP contribution in [0.25, 0.3) is 11.1 Å².